The van der Waals surface area contributed by atoms with E-state index in [9.17, 15) is 0 Å². The lowest BCUT2D eigenvalue weighted by atomic mass is 9.91. The van der Waals surface area contributed by atoms with E-state index in [1.54, 1.807) is 11.1 Å². The number of hydrogen-bond acceptors (Lipinski definition) is 2. The maximum absolute atomic E-state index is 5.76. The number of aryl methyl sites for hydroxylation is 2. The topological polar surface area (TPSA) is 38.0 Å². The summed E-state index contributed by atoms with van der Waals surface area (Å²) in [7, 11) is 0. The normalized spacial score (nSPS) is 21.2. The molecule has 0 aliphatic heterocycles. The van der Waals surface area contributed by atoms with E-state index < -0.39 is 0 Å². The molecule has 1 aromatic carbocycles. The van der Waals surface area contributed by atoms with E-state index in [4.69, 9.17) is 5.84 Å². The van der Waals surface area contributed by atoms with Crippen molar-refractivity contribution >= 4 is 0 Å². The van der Waals surface area contributed by atoms with Crippen LogP contribution in [0.2, 0.25) is 0 Å². The Bertz CT molecular complexity index is 408. The minimum Gasteiger partial charge on any atom is -0.271 e. The molecule has 98 valence electrons. The van der Waals surface area contributed by atoms with E-state index in [-0.39, 0.29) is 0 Å². The highest BCUT2D eigenvalue weighted by Gasteiger charge is 2.24. The Morgan fingerprint density at radius 3 is 2.67 bits per heavy atom. The fourth-order valence-electron chi connectivity index (χ4n) is 3.73. The molecular weight excluding hydrogens is 220 g/mol. The second-order valence-electron chi connectivity index (χ2n) is 5.98. The molecule has 3 N–H and O–H groups in total. The first-order chi connectivity index (χ1) is 8.86. The van der Waals surface area contributed by atoms with Gasteiger partial charge >= 0.3 is 0 Å². The van der Waals surface area contributed by atoms with Crippen molar-refractivity contribution in [2.45, 2.75) is 57.4 Å². The van der Waals surface area contributed by atoms with Crippen molar-refractivity contribution < 1.29 is 0 Å². The van der Waals surface area contributed by atoms with Gasteiger partial charge in [0.2, 0.25) is 0 Å². The van der Waals surface area contributed by atoms with Gasteiger partial charge in [0.05, 0.1) is 0 Å². The molecule has 0 amide bonds. The predicted octanol–water partition coefficient (Wildman–Crippen LogP) is 2.74. The van der Waals surface area contributed by atoms with Crippen LogP contribution in [0.1, 0.15) is 48.8 Å². The van der Waals surface area contributed by atoms with Crippen LogP contribution in [0.25, 0.3) is 0 Å². The van der Waals surface area contributed by atoms with Gasteiger partial charge in [-0.25, -0.2) is 0 Å². The Balaban J connectivity index is 1.70. The van der Waals surface area contributed by atoms with Gasteiger partial charge in [-0.2, -0.15) is 0 Å². The summed E-state index contributed by atoms with van der Waals surface area (Å²) >= 11 is 0. The lowest BCUT2D eigenvalue weighted by molar-refractivity contribution is 0.361. The van der Waals surface area contributed by atoms with Crippen LogP contribution in [-0.2, 0) is 19.3 Å². The largest absolute Gasteiger partial charge is 0.271 e. The smallest absolute Gasteiger partial charge is 0.0279 e. The zero-order valence-electron chi connectivity index (χ0n) is 11.1. The first kappa shape index (κ1) is 12.2. The van der Waals surface area contributed by atoms with Gasteiger partial charge in [-0.1, -0.05) is 31.0 Å². The molecule has 1 unspecified atom stereocenters. The molecule has 2 nitrogen and oxygen atoms in total. The lowest BCUT2D eigenvalue weighted by Gasteiger charge is -2.22. The summed E-state index contributed by atoms with van der Waals surface area (Å²) in [5, 5.41) is 0. The van der Waals surface area contributed by atoms with Gasteiger partial charge in [0.15, 0.2) is 0 Å². The monoisotopic (exact) mass is 244 g/mol. The number of fused-ring (bicyclic) bond motifs is 1. The van der Waals surface area contributed by atoms with Crippen LogP contribution in [0, 0.1) is 5.92 Å². The van der Waals surface area contributed by atoms with Gasteiger partial charge < -0.3 is 0 Å². The lowest BCUT2D eigenvalue weighted by Crippen LogP contribution is -2.41. The molecule has 0 bridgehead atoms. The fraction of sp³-hybridized carbons (Fsp3) is 0.625. The van der Waals surface area contributed by atoms with Crippen molar-refractivity contribution in [1.29, 1.82) is 0 Å². The molecule has 2 aliphatic rings. The average molecular weight is 244 g/mol. The van der Waals surface area contributed by atoms with E-state index >= 15 is 0 Å². The van der Waals surface area contributed by atoms with Crippen LogP contribution in [-0.4, -0.2) is 6.04 Å². The molecule has 1 atom stereocenters. The summed E-state index contributed by atoms with van der Waals surface area (Å²) in [6.45, 7) is 0. The fourth-order valence-corrected chi connectivity index (χ4v) is 3.73. The second kappa shape index (κ2) is 5.41. The van der Waals surface area contributed by atoms with Crippen molar-refractivity contribution in [3.05, 3.63) is 34.9 Å². The number of hydrogen-bond donors (Lipinski definition) is 2. The quantitative estimate of drug-likeness (QED) is 0.631. The zero-order chi connectivity index (χ0) is 12.4. The molecule has 18 heavy (non-hydrogen) atoms. The van der Waals surface area contributed by atoms with Gasteiger partial charge in [-0.15, -0.1) is 0 Å². The Morgan fingerprint density at radius 2 is 1.89 bits per heavy atom. The number of nitrogens with two attached hydrogens (primary N) is 1. The second-order valence-corrected chi connectivity index (χ2v) is 5.98. The average Bonchev–Trinajstić information content (AvgIpc) is 3.06. The molecule has 0 saturated heterocycles. The van der Waals surface area contributed by atoms with E-state index in [0.717, 1.165) is 12.3 Å². The first-order valence-electron chi connectivity index (χ1n) is 7.43. The van der Waals surface area contributed by atoms with Gasteiger partial charge in [0, 0.05) is 6.04 Å². The Kier molecular flexibility index (Phi) is 3.67. The standard InChI is InChI=1S/C16H24N2/c17-18-16(14-4-1-2-5-14)11-12-8-9-13-6-3-7-15(13)10-12/h8-10,14,16,18H,1-7,11,17H2. The van der Waals surface area contributed by atoms with Crippen LogP contribution < -0.4 is 11.3 Å². The summed E-state index contributed by atoms with van der Waals surface area (Å²) in [5.74, 6) is 6.54. The van der Waals surface area contributed by atoms with Crippen molar-refractivity contribution in [2.24, 2.45) is 11.8 Å². The summed E-state index contributed by atoms with van der Waals surface area (Å²) in [5.41, 5.74) is 7.67. The molecule has 2 heteroatoms. The van der Waals surface area contributed by atoms with Gasteiger partial charge in [-0.3, -0.25) is 11.3 Å². The molecule has 1 fully saturated rings. The van der Waals surface area contributed by atoms with Crippen molar-refractivity contribution in [3.8, 4) is 0 Å². The molecule has 2 aliphatic carbocycles. The molecule has 1 saturated carbocycles. The number of nitrogens with one attached hydrogen (secondary N) is 1. The molecule has 0 spiro atoms. The highest BCUT2D eigenvalue weighted by atomic mass is 15.2. The molecule has 3 rings (SSSR count). The maximum Gasteiger partial charge on any atom is 0.0279 e. The third-order valence-electron chi connectivity index (χ3n) is 4.80. The summed E-state index contributed by atoms with van der Waals surface area (Å²) in [4.78, 5) is 0. The number of benzene rings is 1. The Hall–Kier alpha value is -0.860. The summed E-state index contributed by atoms with van der Waals surface area (Å²) in [6, 6.07) is 7.53. The summed E-state index contributed by atoms with van der Waals surface area (Å²) in [6.07, 6.45) is 10.4. The van der Waals surface area contributed by atoms with Crippen LogP contribution in [0.5, 0.6) is 0 Å². The van der Waals surface area contributed by atoms with Crippen LogP contribution >= 0.6 is 0 Å². The highest BCUT2D eigenvalue weighted by molar-refractivity contribution is 5.35. The minimum absolute atomic E-state index is 0.465. The number of rotatable bonds is 4. The number of hydrazine groups is 1. The zero-order valence-corrected chi connectivity index (χ0v) is 11.1. The molecule has 1 aromatic rings. The summed E-state index contributed by atoms with van der Waals surface area (Å²) < 4.78 is 0. The molecule has 0 radical (unpaired) electrons. The predicted molar refractivity (Wildman–Crippen MR) is 75.2 cm³/mol. The van der Waals surface area contributed by atoms with Crippen LogP contribution in [0.3, 0.4) is 0 Å². The molecule has 0 aromatic heterocycles. The van der Waals surface area contributed by atoms with Crippen molar-refractivity contribution in [2.75, 3.05) is 0 Å². The van der Waals surface area contributed by atoms with Crippen LogP contribution in [0.4, 0.5) is 0 Å². The van der Waals surface area contributed by atoms with Crippen molar-refractivity contribution in [3.63, 3.8) is 0 Å². The van der Waals surface area contributed by atoms with Gasteiger partial charge in [0.25, 0.3) is 0 Å². The van der Waals surface area contributed by atoms with Gasteiger partial charge in [-0.05, 0) is 61.1 Å². The first-order valence-corrected chi connectivity index (χ1v) is 7.43. The van der Waals surface area contributed by atoms with E-state index in [2.05, 4.69) is 23.6 Å². The molecule has 0 heterocycles. The molecular formula is C16H24N2. The van der Waals surface area contributed by atoms with E-state index in [1.807, 2.05) is 0 Å². The Morgan fingerprint density at radius 1 is 1.11 bits per heavy atom. The third-order valence-corrected chi connectivity index (χ3v) is 4.80. The Labute approximate surface area is 110 Å². The SMILES string of the molecule is NNC(Cc1ccc2c(c1)CCC2)C1CCCC1. The van der Waals surface area contributed by atoms with Gasteiger partial charge in [0.1, 0.15) is 0 Å². The van der Waals surface area contributed by atoms with Crippen LogP contribution in [0.15, 0.2) is 18.2 Å². The minimum atomic E-state index is 0.465. The maximum atomic E-state index is 5.76. The highest BCUT2D eigenvalue weighted by Crippen LogP contribution is 2.30. The van der Waals surface area contributed by atoms with E-state index in [0.29, 0.717) is 6.04 Å². The van der Waals surface area contributed by atoms with E-state index in [1.165, 1.54) is 50.5 Å². The van der Waals surface area contributed by atoms with Crippen molar-refractivity contribution in [1.82, 2.24) is 5.43 Å². The third kappa shape index (κ3) is 2.45.